The molecule has 1 aromatic heterocycles. The number of nitrogens with zero attached hydrogens (tertiary/aromatic N) is 2. The number of nitrogens with one attached hydrogen (secondary N) is 2. The Hall–Kier alpha value is -0.880. The molecule has 1 saturated carbocycles. The molecule has 106 valence electrons. The number of anilines is 2. The van der Waals surface area contributed by atoms with Gasteiger partial charge in [-0.25, -0.2) is 9.97 Å². The molecule has 0 radical (unpaired) electrons. The van der Waals surface area contributed by atoms with E-state index in [2.05, 4.69) is 36.5 Å². The van der Waals surface area contributed by atoms with E-state index in [1.165, 1.54) is 25.7 Å². The van der Waals surface area contributed by atoms with Gasteiger partial charge in [-0.2, -0.15) is 0 Å². The fourth-order valence-electron chi connectivity index (χ4n) is 2.23. The van der Waals surface area contributed by atoms with Gasteiger partial charge in [0.15, 0.2) is 0 Å². The van der Waals surface area contributed by atoms with Crippen molar-refractivity contribution < 1.29 is 4.74 Å². The molecule has 19 heavy (non-hydrogen) atoms. The zero-order chi connectivity index (χ0) is 13.5. The second kappa shape index (κ2) is 7.65. The van der Waals surface area contributed by atoms with E-state index in [-0.39, 0.29) is 0 Å². The summed E-state index contributed by atoms with van der Waals surface area (Å²) in [4.78, 5) is 8.41. The Labute approximate surface area is 122 Å². The van der Waals surface area contributed by atoms with Crippen LogP contribution in [0.2, 0.25) is 0 Å². The quantitative estimate of drug-likeness (QED) is 0.753. The first-order chi connectivity index (χ1) is 9.31. The maximum absolute atomic E-state index is 5.81. The fraction of sp³-hybridized carbons (Fsp3) is 0.692. The Morgan fingerprint density at radius 1 is 1.26 bits per heavy atom. The lowest BCUT2D eigenvalue weighted by Gasteiger charge is -2.13. The van der Waals surface area contributed by atoms with Gasteiger partial charge in [-0.15, -0.1) is 0 Å². The van der Waals surface area contributed by atoms with Crippen molar-refractivity contribution in [1.29, 1.82) is 0 Å². The zero-order valence-corrected chi connectivity index (χ0v) is 12.9. The SMILES string of the molecule is CCNc1ncnc(NCCOC2CCCC2)c1Br. The van der Waals surface area contributed by atoms with Crippen LogP contribution in [0.25, 0.3) is 0 Å². The van der Waals surface area contributed by atoms with Crippen LogP contribution in [0.1, 0.15) is 32.6 Å². The van der Waals surface area contributed by atoms with E-state index >= 15 is 0 Å². The van der Waals surface area contributed by atoms with Crippen LogP contribution in [-0.2, 0) is 4.74 Å². The highest BCUT2D eigenvalue weighted by Gasteiger charge is 2.14. The van der Waals surface area contributed by atoms with Gasteiger partial charge in [0.05, 0.1) is 12.7 Å². The number of rotatable bonds is 7. The Morgan fingerprint density at radius 3 is 2.63 bits per heavy atom. The Bertz CT molecular complexity index is 396. The zero-order valence-electron chi connectivity index (χ0n) is 11.3. The molecule has 1 aliphatic rings. The third-order valence-corrected chi connectivity index (χ3v) is 3.94. The van der Waals surface area contributed by atoms with Gasteiger partial charge in [0, 0.05) is 13.1 Å². The van der Waals surface area contributed by atoms with Crippen LogP contribution in [0.15, 0.2) is 10.8 Å². The van der Waals surface area contributed by atoms with Crippen LogP contribution in [0, 0.1) is 0 Å². The molecule has 0 aliphatic heterocycles. The van der Waals surface area contributed by atoms with Gasteiger partial charge in [-0.05, 0) is 35.7 Å². The predicted molar refractivity (Wildman–Crippen MR) is 80.6 cm³/mol. The van der Waals surface area contributed by atoms with E-state index in [1.54, 1.807) is 6.33 Å². The summed E-state index contributed by atoms with van der Waals surface area (Å²) in [5.74, 6) is 1.62. The van der Waals surface area contributed by atoms with Gasteiger partial charge in [0.25, 0.3) is 0 Å². The minimum Gasteiger partial charge on any atom is -0.376 e. The first-order valence-electron chi connectivity index (χ1n) is 6.91. The third kappa shape index (κ3) is 4.31. The lowest BCUT2D eigenvalue weighted by atomic mass is 10.3. The smallest absolute Gasteiger partial charge is 0.146 e. The Balaban J connectivity index is 1.77. The molecule has 0 atom stereocenters. The summed E-state index contributed by atoms with van der Waals surface area (Å²) in [5.41, 5.74) is 0. The first-order valence-corrected chi connectivity index (χ1v) is 7.70. The third-order valence-electron chi connectivity index (χ3n) is 3.18. The second-order valence-electron chi connectivity index (χ2n) is 4.62. The van der Waals surface area contributed by atoms with Crippen molar-refractivity contribution in [2.24, 2.45) is 0 Å². The largest absolute Gasteiger partial charge is 0.376 e. The molecule has 0 unspecified atom stereocenters. The molecule has 0 amide bonds. The molecule has 1 aliphatic carbocycles. The van der Waals surface area contributed by atoms with E-state index in [0.717, 1.165) is 35.8 Å². The lowest BCUT2D eigenvalue weighted by molar-refractivity contribution is 0.0658. The maximum Gasteiger partial charge on any atom is 0.146 e. The average Bonchev–Trinajstić information content (AvgIpc) is 2.92. The van der Waals surface area contributed by atoms with Crippen LogP contribution in [0.4, 0.5) is 11.6 Å². The molecule has 2 N–H and O–H groups in total. The van der Waals surface area contributed by atoms with Crippen LogP contribution < -0.4 is 10.6 Å². The van der Waals surface area contributed by atoms with Gasteiger partial charge in [-0.3, -0.25) is 0 Å². The van der Waals surface area contributed by atoms with E-state index in [4.69, 9.17) is 4.74 Å². The number of halogens is 1. The van der Waals surface area contributed by atoms with E-state index in [1.807, 2.05) is 6.92 Å². The van der Waals surface area contributed by atoms with Crippen LogP contribution in [-0.4, -0.2) is 35.8 Å². The summed E-state index contributed by atoms with van der Waals surface area (Å²) in [5, 5.41) is 6.45. The summed E-state index contributed by atoms with van der Waals surface area (Å²) in [6.07, 6.45) is 7.06. The van der Waals surface area contributed by atoms with Crippen molar-refractivity contribution >= 4 is 27.6 Å². The van der Waals surface area contributed by atoms with Crippen molar-refractivity contribution in [3.8, 4) is 0 Å². The summed E-state index contributed by atoms with van der Waals surface area (Å²) < 4.78 is 6.68. The van der Waals surface area contributed by atoms with Crippen molar-refractivity contribution in [2.75, 3.05) is 30.3 Å². The van der Waals surface area contributed by atoms with Crippen molar-refractivity contribution in [2.45, 2.75) is 38.7 Å². The standard InChI is InChI=1S/C13H21BrN4O/c1-2-15-12-11(14)13(18-9-17-12)16-7-8-19-10-5-3-4-6-10/h9-10H,2-8H2,1H3,(H2,15,16,17,18). The topological polar surface area (TPSA) is 59.1 Å². The first kappa shape index (κ1) is 14.5. The van der Waals surface area contributed by atoms with E-state index in [0.29, 0.717) is 6.10 Å². The lowest BCUT2D eigenvalue weighted by Crippen LogP contribution is -2.16. The van der Waals surface area contributed by atoms with Crippen molar-refractivity contribution in [1.82, 2.24) is 9.97 Å². The van der Waals surface area contributed by atoms with Gasteiger partial charge in [0.1, 0.15) is 22.4 Å². The predicted octanol–water partition coefficient (Wildman–Crippen LogP) is 3.04. The number of hydrogen-bond donors (Lipinski definition) is 2. The van der Waals surface area contributed by atoms with Gasteiger partial charge < -0.3 is 15.4 Å². The normalized spacial score (nSPS) is 15.7. The summed E-state index contributed by atoms with van der Waals surface area (Å²) in [7, 11) is 0. The number of hydrogen-bond acceptors (Lipinski definition) is 5. The molecule has 5 nitrogen and oxygen atoms in total. The number of ether oxygens (including phenoxy) is 1. The molecule has 1 aromatic rings. The van der Waals surface area contributed by atoms with E-state index in [9.17, 15) is 0 Å². The summed E-state index contributed by atoms with van der Waals surface area (Å²) in [6, 6.07) is 0. The van der Waals surface area contributed by atoms with Crippen molar-refractivity contribution in [3.05, 3.63) is 10.8 Å². The fourth-order valence-corrected chi connectivity index (χ4v) is 2.72. The maximum atomic E-state index is 5.81. The second-order valence-corrected chi connectivity index (χ2v) is 5.41. The van der Waals surface area contributed by atoms with Crippen LogP contribution in [0.5, 0.6) is 0 Å². The molecule has 1 heterocycles. The monoisotopic (exact) mass is 328 g/mol. The average molecular weight is 329 g/mol. The molecule has 0 aromatic carbocycles. The molecule has 2 rings (SSSR count). The Morgan fingerprint density at radius 2 is 1.95 bits per heavy atom. The number of aromatic nitrogens is 2. The molecule has 0 saturated heterocycles. The molecule has 0 spiro atoms. The van der Waals surface area contributed by atoms with Crippen LogP contribution in [0.3, 0.4) is 0 Å². The minimum atomic E-state index is 0.466. The highest BCUT2D eigenvalue weighted by atomic mass is 79.9. The van der Waals surface area contributed by atoms with Gasteiger partial charge >= 0.3 is 0 Å². The van der Waals surface area contributed by atoms with Crippen LogP contribution >= 0.6 is 15.9 Å². The Kier molecular flexibility index (Phi) is 5.85. The summed E-state index contributed by atoms with van der Waals surface area (Å²) >= 11 is 3.51. The van der Waals surface area contributed by atoms with E-state index < -0.39 is 0 Å². The minimum absolute atomic E-state index is 0.466. The van der Waals surface area contributed by atoms with Gasteiger partial charge in [0.2, 0.25) is 0 Å². The highest BCUT2D eigenvalue weighted by molar-refractivity contribution is 9.10. The van der Waals surface area contributed by atoms with Gasteiger partial charge in [-0.1, -0.05) is 12.8 Å². The van der Waals surface area contributed by atoms with Crippen molar-refractivity contribution in [3.63, 3.8) is 0 Å². The molecular weight excluding hydrogens is 308 g/mol. The molecule has 1 fully saturated rings. The molecule has 6 heteroatoms. The molecule has 0 bridgehead atoms. The summed E-state index contributed by atoms with van der Waals surface area (Å²) in [6.45, 7) is 4.35. The highest BCUT2D eigenvalue weighted by Crippen LogP contribution is 2.26. The molecular formula is C13H21BrN4O.